The molecule has 0 heterocycles. The Hall–Kier alpha value is -0.270. The van der Waals surface area contributed by atoms with Crippen LogP contribution in [0.3, 0.4) is 0 Å². The van der Waals surface area contributed by atoms with Gasteiger partial charge in [0.1, 0.15) is 21.6 Å². The van der Waals surface area contributed by atoms with Crippen LogP contribution in [-0.4, -0.2) is 25.2 Å². The number of phenols is 1. The molecular formula is C7H7NaO5S. The molecule has 1 N–H and O–H groups in total. The summed E-state index contributed by atoms with van der Waals surface area (Å²) in [5.41, 5.74) is 0. The summed E-state index contributed by atoms with van der Waals surface area (Å²) in [6, 6.07) is 3.16. The topological polar surface area (TPSA) is 86.7 Å². The van der Waals surface area contributed by atoms with Gasteiger partial charge in [-0.2, -0.15) is 0 Å². The predicted molar refractivity (Wildman–Crippen MR) is 42.6 cm³/mol. The van der Waals surface area contributed by atoms with Gasteiger partial charge in [-0.05, 0) is 12.1 Å². The molecular weight excluding hydrogens is 219 g/mol. The van der Waals surface area contributed by atoms with Gasteiger partial charge in [-0.15, -0.1) is 0 Å². The first-order chi connectivity index (χ1) is 5.95. The fraction of sp³-hybridized carbons (Fsp3) is 0.143. The van der Waals surface area contributed by atoms with E-state index in [1.54, 1.807) is 0 Å². The van der Waals surface area contributed by atoms with Crippen molar-refractivity contribution in [1.82, 2.24) is 0 Å². The Kier molecular flexibility index (Phi) is 4.90. The van der Waals surface area contributed by atoms with E-state index in [0.29, 0.717) is 0 Å². The van der Waals surface area contributed by atoms with E-state index in [0.717, 1.165) is 18.2 Å². The zero-order valence-corrected chi connectivity index (χ0v) is 10.5. The summed E-state index contributed by atoms with van der Waals surface area (Å²) in [5.74, 6) is -0.320. The molecule has 0 spiro atoms. The van der Waals surface area contributed by atoms with Gasteiger partial charge in [0.15, 0.2) is 0 Å². The molecule has 5 nitrogen and oxygen atoms in total. The zero-order chi connectivity index (χ0) is 10.1. The average molecular weight is 226 g/mol. The third kappa shape index (κ3) is 3.14. The number of methoxy groups -OCH3 is 1. The summed E-state index contributed by atoms with van der Waals surface area (Å²) in [6.45, 7) is 0. The van der Waals surface area contributed by atoms with Crippen LogP contribution in [0, 0.1) is 0 Å². The standard InChI is InChI=1S/C7H8O5S.Na/c1-12-6-4-5(8)2-3-7(6)13(9,10)11;/h2-4,8H,1H3,(H,9,10,11);/q;+1/p-1. The first kappa shape index (κ1) is 13.7. The van der Waals surface area contributed by atoms with Gasteiger partial charge in [-0.25, -0.2) is 8.42 Å². The molecule has 0 aliphatic rings. The minimum Gasteiger partial charge on any atom is -0.744 e. The fourth-order valence-corrected chi connectivity index (χ4v) is 1.49. The van der Waals surface area contributed by atoms with Crippen molar-refractivity contribution >= 4 is 10.1 Å². The second-order valence-corrected chi connectivity index (χ2v) is 3.64. The van der Waals surface area contributed by atoms with Crippen molar-refractivity contribution in [2.75, 3.05) is 7.11 Å². The van der Waals surface area contributed by atoms with Crippen LogP contribution in [0.15, 0.2) is 23.1 Å². The van der Waals surface area contributed by atoms with Crippen molar-refractivity contribution in [3.05, 3.63) is 18.2 Å². The molecule has 0 amide bonds. The summed E-state index contributed by atoms with van der Waals surface area (Å²) in [5, 5.41) is 8.96. The molecule has 14 heavy (non-hydrogen) atoms. The van der Waals surface area contributed by atoms with Crippen LogP contribution in [0.5, 0.6) is 11.5 Å². The quantitative estimate of drug-likeness (QED) is 0.438. The van der Waals surface area contributed by atoms with Crippen LogP contribution in [0.2, 0.25) is 0 Å². The number of ether oxygens (including phenoxy) is 1. The van der Waals surface area contributed by atoms with Crippen molar-refractivity contribution in [3.8, 4) is 11.5 Å². The fourth-order valence-electron chi connectivity index (χ4n) is 0.863. The summed E-state index contributed by atoms with van der Waals surface area (Å²) < 4.78 is 36.4. The molecule has 0 atom stereocenters. The van der Waals surface area contributed by atoms with Gasteiger partial charge in [-0.1, -0.05) is 0 Å². The summed E-state index contributed by atoms with van der Waals surface area (Å²) in [6.07, 6.45) is 0. The average Bonchev–Trinajstić information content (AvgIpc) is 2.01. The van der Waals surface area contributed by atoms with E-state index in [9.17, 15) is 13.0 Å². The monoisotopic (exact) mass is 226 g/mol. The Morgan fingerprint density at radius 3 is 2.43 bits per heavy atom. The van der Waals surface area contributed by atoms with E-state index in [2.05, 4.69) is 4.74 Å². The molecule has 72 valence electrons. The Morgan fingerprint density at radius 2 is 2.00 bits per heavy atom. The number of hydrogen-bond acceptors (Lipinski definition) is 5. The van der Waals surface area contributed by atoms with E-state index in [1.165, 1.54) is 7.11 Å². The van der Waals surface area contributed by atoms with Crippen molar-refractivity contribution in [2.24, 2.45) is 0 Å². The SMILES string of the molecule is COc1cc(O)ccc1S(=O)(=O)[O-].[Na+]. The minimum atomic E-state index is -4.55. The van der Waals surface area contributed by atoms with E-state index >= 15 is 0 Å². The van der Waals surface area contributed by atoms with Crippen LogP contribution in [0.25, 0.3) is 0 Å². The smallest absolute Gasteiger partial charge is 0.744 e. The largest absolute Gasteiger partial charge is 1.00 e. The number of phenolic OH excluding ortho intramolecular Hbond substituents is 1. The van der Waals surface area contributed by atoms with Gasteiger partial charge in [0.05, 0.1) is 12.0 Å². The molecule has 1 aromatic carbocycles. The molecule has 0 fully saturated rings. The van der Waals surface area contributed by atoms with Crippen LogP contribution in [-0.2, 0) is 10.1 Å². The molecule has 0 aliphatic carbocycles. The molecule has 1 aromatic rings. The molecule has 0 saturated carbocycles. The van der Waals surface area contributed by atoms with Crippen molar-refractivity contribution < 1.29 is 52.4 Å². The number of aromatic hydroxyl groups is 1. The van der Waals surface area contributed by atoms with Gasteiger partial charge < -0.3 is 14.4 Å². The molecule has 0 radical (unpaired) electrons. The number of hydrogen-bond donors (Lipinski definition) is 1. The maximum Gasteiger partial charge on any atom is 1.00 e. The molecule has 0 aliphatic heterocycles. The third-order valence-corrected chi connectivity index (χ3v) is 2.29. The van der Waals surface area contributed by atoms with Crippen LogP contribution in [0.1, 0.15) is 0 Å². The summed E-state index contributed by atoms with van der Waals surface area (Å²) in [4.78, 5) is -0.479. The Labute approximate surface area is 104 Å². The van der Waals surface area contributed by atoms with Gasteiger partial charge in [-0.3, -0.25) is 0 Å². The van der Waals surface area contributed by atoms with Crippen LogP contribution >= 0.6 is 0 Å². The second kappa shape index (κ2) is 4.99. The van der Waals surface area contributed by atoms with Gasteiger partial charge in [0.2, 0.25) is 0 Å². The maximum atomic E-state index is 10.6. The van der Waals surface area contributed by atoms with Crippen molar-refractivity contribution in [1.29, 1.82) is 0 Å². The number of benzene rings is 1. The van der Waals surface area contributed by atoms with E-state index < -0.39 is 15.0 Å². The molecule has 1 rings (SSSR count). The van der Waals surface area contributed by atoms with Gasteiger partial charge >= 0.3 is 29.6 Å². The molecule has 0 unspecified atom stereocenters. The first-order valence-electron chi connectivity index (χ1n) is 3.28. The molecule has 0 saturated heterocycles. The maximum absolute atomic E-state index is 10.6. The molecule has 0 bridgehead atoms. The van der Waals surface area contributed by atoms with Gasteiger partial charge in [0, 0.05) is 6.07 Å². The molecule has 0 aromatic heterocycles. The normalized spacial score (nSPS) is 10.4. The predicted octanol–water partition coefficient (Wildman–Crippen LogP) is -2.69. The van der Waals surface area contributed by atoms with E-state index in [1.807, 2.05) is 0 Å². The second-order valence-electron chi connectivity index (χ2n) is 2.29. The van der Waals surface area contributed by atoms with E-state index in [-0.39, 0.29) is 41.1 Å². The Balaban J connectivity index is 0.00000169. The first-order valence-corrected chi connectivity index (χ1v) is 4.69. The van der Waals surface area contributed by atoms with E-state index in [4.69, 9.17) is 5.11 Å². The third-order valence-electron chi connectivity index (χ3n) is 1.42. The van der Waals surface area contributed by atoms with Crippen molar-refractivity contribution in [3.63, 3.8) is 0 Å². The Morgan fingerprint density at radius 1 is 1.43 bits per heavy atom. The van der Waals surface area contributed by atoms with Crippen LogP contribution < -0.4 is 34.3 Å². The number of rotatable bonds is 2. The van der Waals surface area contributed by atoms with Gasteiger partial charge in [0.25, 0.3) is 0 Å². The Bertz CT molecular complexity index is 414. The minimum absolute atomic E-state index is 0. The zero-order valence-electron chi connectivity index (χ0n) is 7.72. The summed E-state index contributed by atoms with van der Waals surface area (Å²) in [7, 11) is -3.34. The molecule has 7 heteroatoms. The van der Waals surface area contributed by atoms with Crippen molar-refractivity contribution in [2.45, 2.75) is 4.90 Å². The van der Waals surface area contributed by atoms with Crippen LogP contribution in [0.4, 0.5) is 0 Å². The summed E-state index contributed by atoms with van der Waals surface area (Å²) >= 11 is 0.